The first-order chi connectivity index (χ1) is 4.41. The lowest BCUT2D eigenvalue weighted by molar-refractivity contribution is 0.456. The van der Waals surface area contributed by atoms with Crippen molar-refractivity contribution in [2.75, 3.05) is 11.5 Å². The zero-order chi connectivity index (χ0) is 6.16. The van der Waals surface area contributed by atoms with Crippen molar-refractivity contribution in [3.05, 3.63) is 0 Å². The zero-order valence-corrected chi connectivity index (χ0v) is 6.67. The van der Waals surface area contributed by atoms with E-state index in [0.717, 1.165) is 5.41 Å². The molecule has 1 spiro atoms. The second-order valence-electron chi connectivity index (χ2n) is 3.47. The van der Waals surface area contributed by atoms with Crippen LogP contribution in [0, 0.1) is 5.41 Å². The molecule has 52 valence electrons. The maximum atomic E-state index is 2.16. The highest BCUT2D eigenvalue weighted by Gasteiger charge is 2.41. The van der Waals surface area contributed by atoms with Gasteiger partial charge in [-0.05, 0) is 49.0 Å². The average molecular weight is 142 g/mol. The molecule has 1 aliphatic heterocycles. The van der Waals surface area contributed by atoms with Crippen LogP contribution in [0.15, 0.2) is 0 Å². The molecule has 2 aliphatic rings. The molecule has 0 unspecified atom stereocenters. The SMILES string of the molecule is C1CSCCC2(C1)CC2. The van der Waals surface area contributed by atoms with Crippen LogP contribution in [0.1, 0.15) is 32.1 Å². The third-order valence-electron chi connectivity index (χ3n) is 2.73. The predicted octanol–water partition coefficient (Wildman–Crippen LogP) is 2.68. The Morgan fingerprint density at radius 3 is 2.56 bits per heavy atom. The van der Waals surface area contributed by atoms with Crippen molar-refractivity contribution in [3.63, 3.8) is 0 Å². The molecule has 0 nitrogen and oxygen atoms in total. The maximum Gasteiger partial charge on any atom is -0.00623 e. The molecule has 2 rings (SSSR count). The molecule has 0 amide bonds. The smallest absolute Gasteiger partial charge is 0.00623 e. The van der Waals surface area contributed by atoms with E-state index in [2.05, 4.69) is 11.8 Å². The number of hydrogen-bond acceptors (Lipinski definition) is 1. The summed E-state index contributed by atoms with van der Waals surface area (Å²) in [5, 5.41) is 0. The van der Waals surface area contributed by atoms with Gasteiger partial charge >= 0.3 is 0 Å². The number of thioether (sulfide) groups is 1. The third kappa shape index (κ3) is 1.26. The summed E-state index contributed by atoms with van der Waals surface area (Å²) < 4.78 is 0. The van der Waals surface area contributed by atoms with Crippen molar-refractivity contribution < 1.29 is 0 Å². The largest absolute Gasteiger partial charge is 0.162 e. The second-order valence-corrected chi connectivity index (χ2v) is 4.69. The monoisotopic (exact) mass is 142 g/mol. The van der Waals surface area contributed by atoms with E-state index in [1.165, 1.54) is 24.3 Å². The fourth-order valence-electron chi connectivity index (χ4n) is 1.74. The van der Waals surface area contributed by atoms with Crippen LogP contribution >= 0.6 is 11.8 Å². The molecule has 1 heteroatoms. The Morgan fingerprint density at radius 2 is 1.78 bits per heavy atom. The van der Waals surface area contributed by atoms with Crippen molar-refractivity contribution >= 4 is 11.8 Å². The summed E-state index contributed by atoms with van der Waals surface area (Å²) in [6.07, 6.45) is 7.66. The van der Waals surface area contributed by atoms with E-state index < -0.39 is 0 Å². The van der Waals surface area contributed by atoms with Gasteiger partial charge in [0.1, 0.15) is 0 Å². The second kappa shape index (κ2) is 2.19. The highest BCUT2D eigenvalue weighted by atomic mass is 32.2. The van der Waals surface area contributed by atoms with Gasteiger partial charge in [-0.15, -0.1) is 0 Å². The summed E-state index contributed by atoms with van der Waals surface area (Å²) in [6, 6.07) is 0. The summed E-state index contributed by atoms with van der Waals surface area (Å²) in [7, 11) is 0. The Kier molecular flexibility index (Phi) is 1.48. The molecule has 2 fully saturated rings. The number of hydrogen-bond donors (Lipinski definition) is 0. The van der Waals surface area contributed by atoms with Gasteiger partial charge in [0.05, 0.1) is 0 Å². The van der Waals surface area contributed by atoms with Gasteiger partial charge in [0.2, 0.25) is 0 Å². The van der Waals surface area contributed by atoms with Gasteiger partial charge in [0.15, 0.2) is 0 Å². The first-order valence-corrected chi connectivity index (χ1v) is 5.15. The lowest BCUT2D eigenvalue weighted by atomic mass is 9.98. The highest BCUT2D eigenvalue weighted by Crippen LogP contribution is 2.54. The highest BCUT2D eigenvalue weighted by molar-refractivity contribution is 7.99. The van der Waals surface area contributed by atoms with Crippen LogP contribution in [-0.4, -0.2) is 11.5 Å². The topological polar surface area (TPSA) is 0 Å². The molecule has 1 saturated carbocycles. The van der Waals surface area contributed by atoms with Gasteiger partial charge in [-0.2, -0.15) is 11.8 Å². The van der Waals surface area contributed by atoms with E-state index in [0.29, 0.717) is 0 Å². The van der Waals surface area contributed by atoms with Gasteiger partial charge < -0.3 is 0 Å². The van der Waals surface area contributed by atoms with Gasteiger partial charge in [0, 0.05) is 0 Å². The van der Waals surface area contributed by atoms with E-state index in [4.69, 9.17) is 0 Å². The molecule has 0 aromatic carbocycles. The van der Waals surface area contributed by atoms with E-state index in [1.807, 2.05) is 0 Å². The Bertz CT molecular complexity index is 95.1. The summed E-state index contributed by atoms with van der Waals surface area (Å²) in [5.74, 6) is 2.88. The minimum Gasteiger partial charge on any atom is -0.162 e. The van der Waals surface area contributed by atoms with Crippen LogP contribution in [0.25, 0.3) is 0 Å². The fraction of sp³-hybridized carbons (Fsp3) is 1.00. The summed E-state index contributed by atoms with van der Waals surface area (Å²) >= 11 is 2.16. The van der Waals surface area contributed by atoms with Crippen molar-refractivity contribution in [2.24, 2.45) is 5.41 Å². The fourth-order valence-corrected chi connectivity index (χ4v) is 2.87. The zero-order valence-electron chi connectivity index (χ0n) is 5.86. The average Bonchev–Trinajstić information content (AvgIpc) is 2.64. The van der Waals surface area contributed by atoms with Crippen LogP contribution in [0.5, 0.6) is 0 Å². The van der Waals surface area contributed by atoms with E-state index >= 15 is 0 Å². The van der Waals surface area contributed by atoms with Crippen LogP contribution in [-0.2, 0) is 0 Å². The van der Waals surface area contributed by atoms with Gasteiger partial charge in [-0.1, -0.05) is 0 Å². The lowest BCUT2D eigenvalue weighted by Gasteiger charge is -2.07. The molecule has 0 aromatic heterocycles. The molecule has 0 atom stereocenters. The van der Waals surface area contributed by atoms with Crippen molar-refractivity contribution in [1.29, 1.82) is 0 Å². The maximum absolute atomic E-state index is 2.16. The molecule has 0 radical (unpaired) electrons. The Balaban J connectivity index is 1.92. The molecular formula is C8H14S. The van der Waals surface area contributed by atoms with Gasteiger partial charge in [0.25, 0.3) is 0 Å². The van der Waals surface area contributed by atoms with Crippen LogP contribution in [0.2, 0.25) is 0 Å². The van der Waals surface area contributed by atoms with Crippen LogP contribution in [0.4, 0.5) is 0 Å². The van der Waals surface area contributed by atoms with Crippen molar-refractivity contribution in [2.45, 2.75) is 32.1 Å². The molecule has 1 aliphatic carbocycles. The van der Waals surface area contributed by atoms with E-state index in [-0.39, 0.29) is 0 Å². The first kappa shape index (κ1) is 6.09. The third-order valence-corrected chi connectivity index (χ3v) is 3.80. The quantitative estimate of drug-likeness (QED) is 0.501. The standard InChI is InChI=1S/C8H14S/c1-2-8(3-4-8)5-7-9-6-1/h1-7H2. The van der Waals surface area contributed by atoms with Crippen LogP contribution < -0.4 is 0 Å². The normalized spacial score (nSPS) is 32.0. The Labute approximate surface area is 61.4 Å². The van der Waals surface area contributed by atoms with Crippen molar-refractivity contribution in [3.8, 4) is 0 Å². The summed E-state index contributed by atoms with van der Waals surface area (Å²) in [5.41, 5.74) is 0.892. The molecule has 1 heterocycles. The number of rotatable bonds is 0. The first-order valence-electron chi connectivity index (χ1n) is 3.99. The molecule has 9 heavy (non-hydrogen) atoms. The van der Waals surface area contributed by atoms with Gasteiger partial charge in [-0.25, -0.2) is 0 Å². The summed E-state index contributed by atoms with van der Waals surface area (Å²) in [6.45, 7) is 0. The lowest BCUT2D eigenvalue weighted by Crippen LogP contribution is -1.97. The minimum atomic E-state index is 0.892. The molecule has 0 aromatic rings. The van der Waals surface area contributed by atoms with E-state index in [9.17, 15) is 0 Å². The molecule has 1 saturated heterocycles. The Hall–Kier alpha value is 0.350. The summed E-state index contributed by atoms with van der Waals surface area (Å²) in [4.78, 5) is 0. The molecular weight excluding hydrogens is 128 g/mol. The van der Waals surface area contributed by atoms with Crippen molar-refractivity contribution in [1.82, 2.24) is 0 Å². The molecule has 0 N–H and O–H groups in total. The molecule has 0 bridgehead atoms. The van der Waals surface area contributed by atoms with Crippen LogP contribution in [0.3, 0.4) is 0 Å². The predicted molar refractivity (Wildman–Crippen MR) is 42.8 cm³/mol. The van der Waals surface area contributed by atoms with E-state index in [1.54, 1.807) is 19.3 Å². The van der Waals surface area contributed by atoms with Gasteiger partial charge in [-0.3, -0.25) is 0 Å². The minimum absolute atomic E-state index is 0.892. The Morgan fingerprint density at radius 1 is 0.889 bits per heavy atom.